The zero-order valence-corrected chi connectivity index (χ0v) is 11.4. The maximum atomic E-state index is 11.8. The van der Waals surface area contributed by atoms with Gasteiger partial charge in [-0.1, -0.05) is 28.1 Å². The van der Waals surface area contributed by atoms with Gasteiger partial charge in [-0.25, -0.2) is 0 Å². The van der Waals surface area contributed by atoms with E-state index in [0.29, 0.717) is 6.42 Å². The summed E-state index contributed by atoms with van der Waals surface area (Å²) in [6, 6.07) is 7.47. The van der Waals surface area contributed by atoms with E-state index in [-0.39, 0.29) is 29.1 Å². The molecule has 0 radical (unpaired) electrons. The lowest BCUT2D eigenvalue weighted by atomic mass is 9.84. The van der Waals surface area contributed by atoms with E-state index >= 15 is 0 Å². The molecular weight excluding hydrogens is 298 g/mol. The molecule has 1 fully saturated rings. The van der Waals surface area contributed by atoms with Gasteiger partial charge in [0.1, 0.15) is 5.78 Å². The number of ketones is 1. The highest BCUT2D eigenvalue weighted by molar-refractivity contribution is 9.10. The second kappa shape index (κ2) is 5.61. The summed E-state index contributed by atoms with van der Waals surface area (Å²) < 4.78 is 0.888. The van der Waals surface area contributed by atoms with E-state index in [1.807, 2.05) is 24.3 Å². The van der Waals surface area contributed by atoms with Gasteiger partial charge in [-0.2, -0.15) is 0 Å². The SMILES string of the molecule is O=C1CCC[C@H]1[C@@H](C[N+](=O)[O-])c1cccc(Br)c1. The first kappa shape index (κ1) is 13.2. The fourth-order valence-electron chi connectivity index (χ4n) is 2.63. The lowest BCUT2D eigenvalue weighted by Crippen LogP contribution is -2.24. The predicted octanol–water partition coefficient (Wildman–Crippen LogP) is 3.18. The third kappa shape index (κ3) is 2.96. The Morgan fingerprint density at radius 1 is 1.50 bits per heavy atom. The van der Waals surface area contributed by atoms with E-state index in [1.165, 1.54) is 0 Å². The Balaban J connectivity index is 2.30. The molecule has 1 aliphatic carbocycles. The molecule has 5 heteroatoms. The summed E-state index contributed by atoms with van der Waals surface area (Å²) in [5, 5.41) is 10.8. The Hall–Kier alpha value is -1.23. The summed E-state index contributed by atoms with van der Waals surface area (Å²) in [6.07, 6.45) is 2.18. The maximum Gasteiger partial charge on any atom is 0.211 e. The summed E-state index contributed by atoms with van der Waals surface area (Å²) in [5.74, 6) is -0.320. The Morgan fingerprint density at radius 3 is 2.83 bits per heavy atom. The van der Waals surface area contributed by atoms with Crippen molar-refractivity contribution in [2.45, 2.75) is 25.2 Å². The average Bonchev–Trinajstić information content (AvgIpc) is 2.72. The lowest BCUT2D eigenvalue weighted by Gasteiger charge is -2.19. The van der Waals surface area contributed by atoms with Crippen molar-refractivity contribution in [3.63, 3.8) is 0 Å². The number of benzene rings is 1. The van der Waals surface area contributed by atoms with Crippen LogP contribution in [0.25, 0.3) is 0 Å². The van der Waals surface area contributed by atoms with Gasteiger partial charge >= 0.3 is 0 Å². The van der Waals surface area contributed by atoms with Crippen LogP contribution in [0.2, 0.25) is 0 Å². The first-order chi connectivity index (χ1) is 8.58. The Labute approximate surface area is 114 Å². The minimum Gasteiger partial charge on any atom is -0.299 e. The Bertz CT molecular complexity index is 475. The monoisotopic (exact) mass is 311 g/mol. The number of nitro groups is 1. The molecule has 0 aliphatic heterocycles. The van der Waals surface area contributed by atoms with Crippen LogP contribution in [-0.2, 0) is 4.79 Å². The number of hydrogen-bond acceptors (Lipinski definition) is 3. The highest BCUT2D eigenvalue weighted by atomic mass is 79.9. The van der Waals surface area contributed by atoms with Crippen molar-refractivity contribution in [2.24, 2.45) is 5.92 Å². The molecule has 18 heavy (non-hydrogen) atoms. The van der Waals surface area contributed by atoms with E-state index in [4.69, 9.17) is 0 Å². The zero-order valence-electron chi connectivity index (χ0n) is 9.84. The average molecular weight is 312 g/mol. The van der Waals surface area contributed by atoms with Gasteiger partial charge in [0, 0.05) is 21.7 Å². The van der Waals surface area contributed by atoms with Crippen molar-refractivity contribution < 1.29 is 9.72 Å². The number of Topliss-reactive ketones (excluding diaryl/α,β-unsaturated/α-hetero) is 1. The van der Waals surface area contributed by atoms with Gasteiger partial charge in [0.25, 0.3) is 0 Å². The van der Waals surface area contributed by atoms with Crippen molar-refractivity contribution in [3.05, 3.63) is 44.4 Å². The molecule has 0 bridgehead atoms. The largest absolute Gasteiger partial charge is 0.299 e. The second-order valence-corrected chi connectivity index (χ2v) is 5.56. The van der Waals surface area contributed by atoms with Crippen LogP contribution in [0, 0.1) is 16.0 Å². The van der Waals surface area contributed by atoms with Crippen LogP contribution in [0.1, 0.15) is 30.7 Å². The van der Waals surface area contributed by atoms with Gasteiger partial charge in [0.05, 0.1) is 5.92 Å². The Morgan fingerprint density at radius 2 is 2.28 bits per heavy atom. The van der Waals surface area contributed by atoms with Crippen molar-refractivity contribution in [3.8, 4) is 0 Å². The van der Waals surface area contributed by atoms with E-state index in [2.05, 4.69) is 15.9 Å². The van der Waals surface area contributed by atoms with Crippen molar-refractivity contribution >= 4 is 21.7 Å². The van der Waals surface area contributed by atoms with Crippen molar-refractivity contribution in [1.29, 1.82) is 0 Å². The zero-order chi connectivity index (χ0) is 13.1. The van der Waals surface area contributed by atoms with Crippen LogP contribution in [-0.4, -0.2) is 17.3 Å². The van der Waals surface area contributed by atoms with Gasteiger partial charge in [0.15, 0.2) is 0 Å². The molecule has 2 atom stereocenters. The van der Waals surface area contributed by atoms with Gasteiger partial charge in [-0.05, 0) is 30.5 Å². The number of hydrogen-bond donors (Lipinski definition) is 0. The molecule has 4 nitrogen and oxygen atoms in total. The minimum absolute atomic E-state index is 0.168. The number of rotatable bonds is 4. The number of carbonyl (C=O) groups is 1. The van der Waals surface area contributed by atoms with E-state index in [1.54, 1.807) is 0 Å². The van der Waals surface area contributed by atoms with Gasteiger partial charge in [0.2, 0.25) is 6.54 Å². The molecule has 96 valence electrons. The van der Waals surface area contributed by atoms with Gasteiger partial charge in [-0.15, -0.1) is 0 Å². The molecule has 0 N–H and O–H groups in total. The van der Waals surface area contributed by atoms with Crippen LogP contribution >= 0.6 is 15.9 Å². The van der Waals surface area contributed by atoms with E-state index in [9.17, 15) is 14.9 Å². The number of halogens is 1. The number of nitrogens with zero attached hydrogens (tertiary/aromatic N) is 1. The molecule has 0 spiro atoms. The molecule has 1 aliphatic rings. The highest BCUT2D eigenvalue weighted by Gasteiger charge is 2.35. The van der Waals surface area contributed by atoms with Crippen LogP contribution < -0.4 is 0 Å². The molecule has 0 aromatic heterocycles. The molecular formula is C13H14BrNO3. The van der Waals surface area contributed by atoms with Gasteiger partial charge < -0.3 is 0 Å². The van der Waals surface area contributed by atoms with Crippen LogP contribution in [0.15, 0.2) is 28.7 Å². The first-order valence-electron chi connectivity index (χ1n) is 5.98. The summed E-state index contributed by atoms with van der Waals surface area (Å²) >= 11 is 3.37. The molecule has 1 saturated carbocycles. The third-order valence-electron chi connectivity index (χ3n) is 3.46. The summed E-state index contributed by atoms with van der Waals surface area (Å²) in [7, 11) is 0. The first-order valence-corrected chi connectivity index (χ1v) is 6.77. The number of carbonyl (C=O) groups excluding carboxylic acids is 1. The van der Waals surface area contributed by atoms with Crippen LogP contribution in [0.3, 0.4) is 0 Å². The molecule has 0 amide bonds. The summed E-state index contributed by atoms with van der Waals surface area (Å²) in [4.78, 5) is 22.3. The molecule has 0 heterocycles. The van der Waals surface area contributed by atoms with Crippen molar-refractivity contribution in [2.75, 3.05) is 6.54 Å². The third-order valence-corrected chi connectivity index (χ3v) is 3.95. The quantitative estimate of drug-likeness (QED) is 0.634. The minimum atomic E-state index is -0.322. The molecule has 2 rings (SSSR count). The smallest absolute Gasteiger partial charge is 0.211 e. The highest BCUT2D eigenvalue weighted by Crippen LogP contribution is 2.35. The topological polar surface area (TPSA) is 60.2 Å². The predicted molar refractivity (Wildman–Crippen MR) is 71.1 cm³/mol. The molecule has 0 saturated heterocycles. The summed E-state index contributed by atoms with van der Waals surface area (Å²) in [6.45, 7) is -0.174. The van der Waals surface area contributed by atoms with Crippen molar-refractivity contribution in [1.82, 2.24) is 0 Å². The van der Waals surface area contributed by atoms with Crippen LogP contribution in [0.5, 0.6) is 0 Å². The van der Waals surface area contributed by atoms with E-state index in [0.717, 1.165) is 22.9 Å². The molecule has 1 aromatic rings. The van der Waals surface area contributed by atoms with E-state index < -0.39 is 0 Å². The van der Waals surface area contributed by atoms with Gasteiger partial charge in [-0.3, -0.25) is 14.9 Å². The second-order valence-electron chi connectivity index (χ2n) is 4.64. The van der Waals surface area contributed by atoms with Crippen LogP contribution in [0.4, 0.5) is 0 Å². The fraction of sp³-hybridized carbons (Fsp3) is 0.462. The standard InChI is InChI=1S/C13H14BrNO3/c14-10-4-1-3-9(7-10)12(8-15(17)18)11-5-2-6-13(11)16/h1,3-4,7,11-12H,2,5-6,8H2/t11-,12-/m0/s1. The molecule has 1 aromatic carbocycles. The lowest BCUT2D eigenvalue weighted by molar-refractivity contribution is -0.484. The maximum absolute atomic E-state index is 11.8. The normalized spacial score (nSPS) is 20.9. The summed E-state index contributed by atoms with van der Waals surface area (Å²) in [5.41, 5.74) is 0.876. The fourth-order valence-corrected chi connectivity index (χ4v) is 3.05. The Kier molecular flexibility index (Phi) is 4.11. The molecule has 0 unspecified atom stereocenters.